The summed E-state index contributed by atoms with van der Waals surface area (Å²) >= 11 is 0. The van der Waals surface area contributed by atoms with Crippen molar-refractivity contribution in [2.24, 2.45) is 0 Å². The van der Waals surface area contributed by atoms with E-state index in [1.165, 1.54) is 19.1 Å². The number of hydrogen-bond acceptors (Lipinski definition) is 5. The lowest BCUT2D eigenvalue weighted by Gasteiger charge is -2.18. The van der Waals surface area contributed by atoms with E-state index in [9.17, 15) is 22.8 Å². The molecule has 3 N–H and O–H groups in total. The molecule has 1 rings (SSSR count). The van der Waals surface area contributed by atoms with Crippen LogP contribution in [0.4, 0.5) is 5.69 Å². The van der Waals surface area contributed by atoms with Gasteiger partial charge in [0.25, 0.3) is 0 Å². The van der Waals surface area contributed by atoms with Crippen molar-refractivity contribution in [3.63, 3.8) is 0 Å². The summed E-state index contributed by atoms with van der Waals surface area (Å²) in [4.78, 5) is 32.0. The molecule has 9 nitrogen and oxygen atoms in total. The van der Waals surface area contributed by atoms with Crippen LogP contribution in [0.2, 0.25) is 0 Å². The van der Waals surface area contributed by atoms with Crippen LogP contribution in [0.5, 0.6) is 0 Å². The lowest BCUT2D eigenvalue weighted by Crippen LogP contribution is -2.39. The number of sulfonamides is 1. The number of benzene rings is 1. The molecule has 0 aliphatic rings. The Morgan fingerprint density at radius 2 is 1.50 bits per heavy atom. The summed E-state index contributed by atoms with van der Waals surface area (Å²) < 4.78 is 24.8. The molecule has 0 atom stereocenters. The maximum atomic E-state index is 12.2. The van der Waals surface area contributed by atoms with Crippen LogP contribution in [0, 0.1) is 0 Å². The molecule has 120 valence electrons. The van der Waals surface area contributed by atoms with Crippen molar-refractivity contribution in [3.8, 4) is 0 Å². The van der Waals surface area contributed by atoms with Gasteiger partial charge in [-0.3, -0.25) is 14.4 Å². The second-order valence-electron chi connectivity index (χ2n) is 4.27. The van der Waals surface area contributed by atoms with Crippen molar-refractivity contribution < 1.29 is 33.0 Å². The summed E-state index contributed by atoms with van der Waals surface area (Å²) in [6.07, 6.45) is 0. The third-order valence-corrected chi connectivity index (χ3v) is 4.24. The molecule has 0 aliphatic carbocycles. The van der Waals surface area contributed by atoms with Gasteiger partial charge in [0.1, 0.15) is 13.1 Å². The van der Waals surface area contributed by atoms with Gasteiger partial charge in [-0.15, -0.1) is 0 Å². The first kappa shape index (κ1) is 17.6. The quantitative estimate of drug-likeness (QED) is 0.629. The van der Waals surface area contributed by atoms with Gasteiger partial charge >= 0.3 is 11.9 Å². The first-order valence-electron chi connectivity index (χ1n) is 5.94. The number of aliphatic carboxylic acids is 2. The summed E-state index contributed by atoms with van der Waals surface area (Å²) in [5.41, 5.74) is 0.356. The number of anilines is 1. The molecule has 0 fully saturated rings. The van der Waals surface area contributed by atoms with Crippen molar-refractivity contribution in [2.45, 2.75) is 11.8 Å². The van der Waals surface area contributed by atoms with Gasteiger partial charge in [0.05, 0.1) is 4.90 Å². The molecule has 0 bridgehead atoms. The topological polar surface area (TPSA) is 141 Å². The number of carboxylic acids is 2. The monoisotopic (exact) mass is 330 g/mol. The molecule has 0 aliphatic heterocycles. The molecule has 0 unspecified atom stereocenters. The van der Waals surface area contributed by atoms with E-state index in [1.54, 1.807) is 0 Å². The zero-order chi connectivity index (χ0) is 16.9. The fourth-order valence-electron chi connectivity index (χ4n) is 1.59. The van der Waals surface area contributed by atoms with E-state index in [1.807, 2.05) is 0 Å². The van der Waals surface area contributed by atoms with Crippen LogP contribution in [0.1, 0.15) is 6.92 Å². The lowest BCUT2D eigenvalue weighted by molar-refractivity contribution is -0.139. The van der Waals surface area contributed by atoms with Gasteiger partial charge in [0, 0.05) is 12.6 Å². The first-order valence-corrected chi connectivity index (χ1v) is 7.38. The highest BCUT2D eigenvalue weighted by molar-refractivity contribution is 7.89. The van der Waals surface area contributed by atoms with Crippen LogP contribution in [0.15, 0.2) is 29.2 Å². The normalized spacial score (nSPS) is 11.2. The summed E-state index contributed by atoms with van der Waals surface area (Å²) in [5, 5.41) is 19.8. The van der Waals surface area contributed by atoms with Gasteiger partial charge in [-0.2, -0.15) is 4.31 Å². The Bertz CT molecular complexity index is 666. The van der Waals surface area contributed by atoms with Crippen LogP contribution >= 0.6 is 0 Å². The first-order chi connectivity index (χ1) is 10.1. The zero-order valence-electron chi connectivity index (χ0n) is 11.5. The molecule has 0 saturated heterocycles. The molecule has 0 saturated carbocycles. The van der Waals surface area contributed by atoms with Crippen molar-refractivity contribution in [1.82, 2.24) is 4.31 Å². The smallest absolute Gasteiger partial charge is 0.318 e. The summed E-state index contributed by atoms with van der Waals surface area (Å²) in [7, 11) is -4.28. The van der Waals surface area contributed by atoms with Gasteiger partial charge < -0.3 is 15.5 Å². The van der Waals surface area contributed by atoms with Crippen LogP contribution in [0.25, 0.3) is 0 Å². The summed E-state index contributed by atoms with van der Waals surface area (Å²) in [6, 6.07) is 4.93. The zero-order valence-corrected chi connectivity index (χ0v) is 12.3. The van der Waals surface area contributed by atoms with E-state index < -0.39 is 35.1 Å². The second-order valence-corrected chi connectivity index (χ2v) is 6.20. The number of nitrogens with zero attached hydrogens (tertiary/aromatic N) is 1. The maximum absolute atomic E-state index is 12.2. The van der Waals surface area contributed by atoms with Crippen LogP contribution < -0.4 is 5.32 Å². The van der Waals surface area contributed by atoms with Gasteiger partial charge in [-0.05, 0) is 24.3 Å². The number of carboxylic acid groups (broad SMARTS) is 2. The largest absolute Gasteiger partial charge is 0.480 e. The standard InChI is InChI=1S/C12H14N2O7S/c1-8(15)13-9-2-4-10(5-3-9)22(20,21)14(6-11(16)17)7-12(18)19/h2-5H,6-7H2,1H3,(H,13,15)(H,16,17)(H,18,19). The number of carbonyl (C=O) groups excluding carboxylic acids is 1. The van der Waals surface area contributed by atoms with Crippen molar-refractivity contribution >= 4 is 33.6 Å². The Morgan fingerprint density at radius 1 is 1.05 bits per heavy atom. The minimum absolute atomic E-state index is 0.274. The molecule has 0 aromatic heterocycles. The molecule has 1 aromatic rings. The average molecular weight is 330 g/mol. The van der Waals surface area contributed by atoms with E-state index in [4.69, 9.17) is 10.2 Å². The Morgan fingerprint density at radius 3 is 1.86 bits per heavy atom. The number of hydrogen-bond donors (Lipinski definition) is 3. The number of amides is 1. The molecule has 10 heteroatoms. The van der Waals surface area contributed by atoms with Crippen LogP contribution in [0.3, 0.4) is 0 Å². The van der Waals surface area contributed by atoms with Crippen molar-refractivity contribution in [2.75, 3.05) is 18.4 Å². The maximum Gasteiger partial charge on any atom is 0.318 e. The van der Waals surface area contributed by atoms with Crippen LogP contribution in [-0.4, -0.2) is 53.9 Å². The van der Waals surface area contributed by atoms with E-state index >= 15 is 0 Å². The van der Waals surface area contributed by atoms with E-state index in [-0.39, 0.29) is 10.8 Å². The number of nitrogens with one attached hydrogen (secondary N) is 1. The Balaban J connectivity index is 3.10. The van der Waals surface area contributed by atoms with Gasteiger partial charge in [0.15, 0.2) is 0 Å². The van der Waals surface area contributed by atoms with E-state index in [0.717, 1.165) is 12.1 Å². The molecular weight excluding hydrogens is 316 g/mol. The molecule has 0 radical (unpaired) electrons. The molecule has 1 aromatic carbocycles. The average Bonchev–Trinajstić information content (AvgIpc) is 2.36. The van der Waals surface area contributed by atoms with Crippen molar-refractivity contribution in [3.05, 3.63) is 24.3 Å². The van der Waals surface area contributed by atoms with E-state index in [0.29, 0.717) is 9.99 Å². The second kappa shape index (κ2) is 7.00. The lowest BCUT2D eigenvalue weighted by atomic mass is 10.3. The minimum Gasteiger partial charge on any atom is -0.480 e. The Labute approximate surface area is 126 Å². The Kier molecular flexibility index (Phi) is 5.60. The highest BCUT2D eigenvalue weighted by Gasteiger charge is 2.28. The molecule has 1 amide bonds. The Hall–Kier alpha value is -2.46. The fourth-order valence-corrected chi connectivity index (χ4v) is 2.93. The van der Waals surface area contributed by atoms with E-state index in [2.05, 4.69) is 5.32 Å². The molecule has 0 spiro atoms. The predicted octanol–water partition coefficient (Wildman–Crippen LogP) is -0.195. The van der Waals surface area contributed by atoms with Crippen molar-refractivity contribution in [1.29, 1.82) is 0 Å². The van der Waals surface area contributed by atoms with Gasteiger partial charge in [0.2, 0.25) is 15.9 Å². The number of rotatable bonds is 7. The fraction of sp³-hybridized carbons (Fsp3) is 0.250. The molecular formula is C12H14N2O7S. The van der Waals surface area contributed by atoms with Crippen LogP contribution in [-0.2, 0) is 24.4 Å². The SMILES string of the molecule is CC(=O)Nc1ccc(S(=O)(=O)N(CC(=O)O)CC(=O)O)cc1. The predicted molar refractivity (Wildman–Crippen MR) is 74.8 cm³/mol. The third kappa shape index (κ3) is 4.82. The number of carbonyl (C=O) groups is 3. The van der Waals surface area contributed by atoms with Gasteiger partial charge in [-0.1, -0.05) is 0 Å². The summed E-state index contributed by atoms with van der Waals surface area (Å²) in [5.74, 6) is -3.28. The van der Waals surface area contributed by atoms with Gasteiger partial charge in [-0.25, -0.2) is 8.42 Å². The molecule has 22 heavy (non-hydrogen) atoms. The highest BCUT2D eigenvalue weighted by Crippen LogP contribution is 2.18. The molecule has 0 heterocycles. The summed E-state index contributed by atoms with van der Waals surface area (Å²) in [6.45, 7) is -0.656. The highest BCUT2D eigenvalue weighted by atomic mass is 32.2. The minimum atomic E-state index is -4.28. The third-order valence-electron chi connectivity index (χ3n) is 2.44.